The summed E-state index contributed by atoms with van der Waals surface area (Å²) in [5.41, 5.74) is 6.22. The Hall–Kier alpha value is -1.27. The molecule has 1 aromatic rings. The van der Waals surface area contributed by atoms with E-state index in [1.54, 1.807) is 17.8 Å². The van der Waals surface area contributed by atoms with E-state index in [1.807, 2.05) is 6.07 Å². The van der Waals surface area contributed by atoms with Gasteiger partial charge in [0.15, 0.2) is 5.96 Å². The van der Waals surface area contributed by atoms with Crippen LogP contribution in [0.4, 0.5) is 10.1 Å². The molecule has 1 aliphatic rings. The van der Waals surface area contributed by atoms with E-state index in [0.29, 0.717) is 12.6 Å². The molecule has 128 valence electrons. The minimum absolute atomic E-state index is 0.245. The number of hydrogen-bond acceptors (Lipinski definition) is 3. The van der Waals surface area contributed by atoms with Crippen LogP contribution in [-0.2, 0) is 0 Å². The highest BCUT2D eigenvalue weighted by Gasteiger charge is 2.14. The van der Waals surface area contributed by atoms with Gasteiger partial charge in [0, 0.05) is 29.8 Å². The van der Waals surface area contributed by atoms with Gasteiger partial charge in [0.1, 0.15) is 5.82 Å². The maximum absolute atomic E-state index is 13.4. The molecule has 0 radical (unpaired) electrons. The summed E-state index contributed by atoms with van der Waals surface area (Å²) in [5.74, 6) is 2.40. The molecule has 4 N–H and O–H groups in total. The van der Waals surface area contributed by atoms with Crippen molar-refractivity contribution in [2.75, 3.05) is 29.9 Å². The summed E-state index contributed by atoms with van der Waals surface area (Å²) in [5, 5.41) is 6.72. The lowest BCUT2D eigenvalue weighted by molar-refractivity contribution is 0.413. The number of nitrogens with one attached hydrogen (secondary N) is 2. The van der Waals surface area contributed by atoms with Crippen molar-refractivity contribution in [3.05, 3.63) is 30.1 Å². The van der Waals surface area contributed by atoms with E-state index >= 15 is 0 Å². The minimum Gasteiger partial charge on any atom is -0.353 e. The number of anilines is 1. The van der Waals surface area contributed by atoms with Gasteiger partial charge in [0.2, 0.25) is 0 Å². The molecule has 0 aliphatic heterocycles. The highest BCUT2D eigenvalue weighted by Crippen LogP contribution is 2.18. The number of aliphatic imine (C=N–C) groups is 1. The molecule has 0 bridgehead atoms. The van der Waals surface area contributed by atoms with E-state index in [-0.39, 0.29) is 5.82 Å². The minimum atomic E-state index is -0.245. The SMILES string of the molecule is NCCSCCN=C(Nc1cccc(F)c1)NC1CCCCC1. The van der Waals surface area contributed by atoms with Gasteiger partial charge in [0.25, 0.3) is 0 Å². The average molecular weight is 338 g/mol. The number of guanidine groups is 1. The van der Waals surface area contributed by atoms with Crippen LogP contribution in [0.15, 0.2) is 29.3 Å². The van der Waals surface area contributed by atoms with E-state index in [9.17, 15) is 4.39 Å². The number of halogens is 1. The van der Waals surface area contributed by atoms with Crippen molar-refractivity contribution >= 4 is 23.4 Å². The topological polar surface area (TPSA) is 62.4 Å². The summed E-state index contributed by atoms with van der Waals surface area (Å²) in [6, 6.07) is 6.94. The van der Waals surface area contributed by atoms with Crippen LogP contribution in [0.2, 0.25) is 0 Å². The number of nitrogens with zero attached hydrogens (tertiary/aromatic N) is 1. The second-order valence-corrected chi connectivity index (χ2v) is 6.97. The standard InChI is InChI=1S/C17H27FN4S/c18-14-5-4-8-16(13-14)22-17(20-10-12-23-11-9-19)21-15-6-2-1-3-7-15/h4-5,8,13,15H,1-3,6-7,9-12,19H2,(H2,20,21,22). The number of hydrogen-bond donors (Lipinski definition) is 3. The van der Waals surface area contributed by atoms with E-state index in [2.05, 4.69) is 15.6 Å². The van der Waals surface area contributed by atoms with Crippen LogP contribution in [0.1, 0.15) is 32.1 Å². The number of rotatable bonds is 7. The maximum Gasteiger partial charge on any atom is 0.196 e. The fourth-order valence-corrected chi connectivity index (χ4v) is 3.26. The Kier molecular flexibility index (Phi) is 8.25. The molecule has 0 unspecified atom stereocenters. The van der Waals surface area contributed by atoms with E-state index in [0.717, 1.165) is 29.7 Å². The summed E-state index contributed by atoms with van der Waals surface area (Å²) in [6.07, 6.45) is 6.18. The van der Waals surface area contributed by atoms with Crippen LogP contribution in [0.25, 0.3) is 0 Å². The molecule has 0 atom stereocenters. The van der Waals surface area contributed by atoms with Gasteiger partial charge in [-0.25, -0.2) is 4.39 Å². The van der Waals surface area contributed by atoms with Crippen LogP contribution in [0.5, 0.6) is 0 Å². The molecule has 0 spiro atoms. The van der Waals surface area contributed by atoms with Crippen molar-refractivity contribution in [3.63, 3.8) is 0 Å². The zero-order chi connectivity index (χ0) is 16.3. The summed E-state index contributed by atoms with van der Waals surface area (Å²) >= 11 is 1.80. The van der Waals surface area contributed by atoms with Gasteiger partial charge in [-0.2, -0.15) is 11.8 Å². The second-order valence-electron chi connectivity index (χ2n) is 5.75. The van der Waals surface area contributed by atoms with Gasteiger partial charge < -0.3 is 16.4 Å². The smallest absolute Gasteiger partial charge is 0.196 e. The molecule has 0 amide bonds. The third kappa shape index (κ3) is 7.22. The van der Waals surface area contributed by atoms with Crippen molar-refractivity contribution in [2.45, 2.75) is 38.1 Å². The van der Waals surface area contributed by atoms with Gasteiger partial charge in [-0.3, -0.25) is 4.99 Å². The molecule has 0 saturated heterocycles. The van der Waals surface area contributed by atoms with Gasteiger partial charge >= 0.3 is 0 Å². The number of benzene rings is 1. The third-order valence-corrected chi connectivity index (χ3v) is 4.80. The zero-order valence-corrected chi connectivity index (χ0v) is 14.4. The monoisotopic (exact) mass is 338 g/mol. The van der Waals surface area contributed by atoms with E-state index in [4.69, 9.17) is 5.73 Å². The Bertz CT molecular complexity index is 489. The molecule has 0 aromatic heterocycles. The van der Waals surface area contributed by atoms with Gasteiger partial charge in [-0.15, -0.1) is 0 Å². The zero-order valence-electron chi connectivity index (χ0n) is 13.6. The predicted molar refractivity (Wildman–Crippen MR) is 98.7 cm³/mol. The Morgan fingerprint density at radius 3 is 2.83 bits per heavy atom. The van der Waals surface area contributed by atoms with Crippen molar-refractivity contribution in [1.82, 2.24) is 5.32 Å². The number of thioether (sulfide) groups is 1. The molecule has 2 rings (SSSR count). The molecule has 23 heavy (non-hydrogen) atoms. The van der Waals surface area contributed by atoms with Gasteiger partial charge in [0.05, 0.1) is 6.54 Å². The Morgan fingerprint density at radius 1 is 1.26 bits per heavy atom. The first-order chi connectivity index (χ1) is 11.3. The van der Waals surface area contributed by atoms with Crippen LogP contribution in [-0.4, -0.2) is 36.6 Å². The second kappa shape index (κ2) is 10.5. The van der Waals surface area contributed by atoms with Crippen LogP contribution in [0, 0.1) is 5.82 Å². The normalized spacial score (nSPS) is 16.3. The lowest BCUT2D eigenvalue weighted by Crippen LogP contribution is -2.40. The van der Waals surface area contributed by atoms with Crippen molar-refractivity contribution < 1.29 is 4.39 Å². The van der Waals surface area contributed by atoms with Crippen LogP contribution < -0.4 is 16.4 Å². The Labute approximate surface area is 142 Å². The average Bonchev–Trinajstić information content (AvgIpc) is 2.55. The Balaban J connectivity index is 1.93. The largest absolute Gasteiger partial charge is 0.353 e. The van der Waals surface area contributed by atoms with Crippen LogP contribution >= 0.6 is 11.8 Å². The molecule has 6 heteroatoms. The highest BCUT2D eigenvalue weighted by atomic mass is 32.2. The van der Waals surface area contributed by atoms with E-state index in [1.165, 1.54) is 44.2 Å². The first-order valence-corrected chi connectivity index (χ1v) is 9.55. The molecule has 1 aliphatic carbocycles. The Morgan fingerprint density at radius 2 is 2.09 bits per heavy atom. The molecule has 0 heterocycles. The summed E-state index contributed by atoms with van der Waals surface area (Å²) < 4.78 is 13.4. The molecule has 1 fully saturated rings. The fourth-order valence-electron chi connectivity index (χ4n) is 2.67. The van der Waals surface area contributed by atoms with Crippen molar-refractivity contribution in [2.24, 2.45) is 10.7 Å². The number of nitrogens with two attached hydrogens (primary N) is 1. The summed E-state index contributed by atoms with van der Waals surface area (Å²) in [4.78, 5) is 4.62. The quantitative estimate of drug-likeness (QED) is 0.406. The highest BCUT2D eigenvalue weighted by molar-refractivity contribution is 7.99. The molecule has 1 aromatic carbocycles. The predicted octanol–water partition coefficient (Wildman–Crippen LogP) is 3.21. The van der Waals surface area contributed by atoms with Gasteiger partial charge in [-0.1, -0.05) is 25.3 Å². The third-order valence-electron chi connectivity index (χ3n) is 3.80. The molecular formula is C17H27FN4S. The van der Waals surface area contributed by atoms with Crippen molar-refractivity contribution in [3.8, 4) is 0 Å². The van der Waals surface area contributed by atoms with Crippen LogP contribution in [0.3, 0.4) is 0 Å². The lowest BCUT2D eigenvalue weighted by atomic mass is 9.96. The lowest BCUT2D eigenvalue weighted by Gasteiger charge is -2.25. The summed E-state index contributed by atoms with van der Waals surface area (Å²) in [6.45, 7) is 1.42. The molecular weight excluding hydrogens is 311 g/mol. The van der Waals surface area contributed by atoms with Crippen molar-refractivity contribution in [1.29, 1.82) is 0 Å². The summed E-state index contributed by atoms with van der Waals surface area (Å²) in [7, 11) is 0. The fraction of sp³-hybridized carbons (Fsp3) is 0.588. The molecule has 1 saturated carbocycles. The molecule has 4 nitrogen and oxygen atoms in total. The first-order valence-electron chi connectivity index (χ1n) is 8.39. The first kappa shape index (κ1) is 18.1. The van der Waals surface area contributed by atoms with E-state index < -0.39 is 0 Å². The van der Waals surface area contributed by atoms with Gasteiger partial charge in [-0.05, 0) is 31.0 Å². The maximum atomic E-state index is 13.4.